The molecule has 25 heavy (non-hydrogen) atoms. The summed E-state index contributed by atoms with van der Waals surface area (Å²) in [6, 6.07) is 17.0. The van der Waals surface area contributed by atoms with E-state index in [0.717, 1.165) is 11.1 Å². The summed E-state index contributed by atoms with van der Waals surface area (Å²) in [6.07, 6.45) is 0.609. The molecule has 0 bridgehead atoms. The van der Waals surface area contributed by atoms with Gasteiger partial charge in [0.15, 0.2) is 0 Å². The molecule has 2 atom stereocenters. The third-order valence-electron chi connectivity index (χ3n) is 4.39. The van der Waals surface area contributed by atoms with Gasteiger partial charge in [0.2, 0.25) is 5.91 Å². The first kappa shape index (κ1) is 17.5. The monoisotopic (exact) mass is 357 g/mol. The standard InChI is InChI=1S/C20H20ClNO3/c1-14(11-16-7-9-17(21)10-8-16)19(23)22-18(13-25-20(22)24)12-15-5-3-2-4-6-15/h2-10,14,18H,11-13H2,1H3. The summed E-state index contributed by atoms with van der Waals surface area (Å²) in [5, 5.41) is 0.661. The molecule has 2 aromatic rings. The first-order valence-electron chi connectivity index (χ1n) is 8.33. The Hall–Kier alpha value is -2.33. The fourth-order valence-electron chi connectivity index (χ4n) is 3.07. The van der Waals surface area contributed by atoms with E-state index in [-0.39, 0.29) is 24.5 Å². The Bertz CT molecular complexity index is 745. The number of halogens is 1. The minimum atomic E-state index is -0.547. The van der Waals surface area contributed by atoms with E-state index < -0.39 is 6.09 Å². The van der Waals surface area contributed by atoms with E-state index in [1.165, 1.54) is 4.90 Å². The molecular formula is C20H20ClNO3. The highest BCUT2D eigenvalue weighted by molar-refractivity contribution is 6.30. The minimum Gasteiger partial charge on any atom is -0.447 e. The van der Waals surface area contributed by atoms with E-state index >= 15 is 0 Å². The number of cyclic esters (lactones) is 1. The maximum atomic E-state index is 12.8. The summed E-state index contributed by atoms with van der Waals surface area (Å²) in [5.74, 6) is -0.511. The van der Waals surface area contributed by atoms with Crippen molar-refractivity contribution < 1.29 is 14.3 Å². The molecule has 3 rings (SSSR count). The van der Waals surface area contributed by atoms with Gasteiger partial charge >= 0.3 is 6.09 Å². The van der Waals surface area contributed by atoms with E-state index in [4.69, 9.17) is 16.3 Å². The zero-order chi connectivity index (χ0) is 17.8. The maximum absolute atomic E-state index is 12.8. The second-order valence-corrected chi connectivity index (χ2v) is 6.80. The van der Waals surface area contributed by atoms with Crippen LogP contribution in [0.15, 0.2) is 54.6 Å². The van der Waals surface area contributed by atoms with E-state index in [1.807, 2.05) is 49.4 Å². The van der Waals surface area contributed by atoms with Crippen molar-refractivity contribution in [3.8, 4) is 0 Å². The molecule has 2 unspecified atom stereocenters. The highest BCUT2D eigenvalue weighted by Crippen LogP contribution is 2.22. The lowest BCUT2D eigenvalue weighted by Crippen LogP contribution is -2.43. The van der Waals surface area contributed by atoms with Crippen LogP contribution in [0.2, 0.25) is 5.02 Å². The molecule has 130 valence electrons. The number of benzene rings is 2. The van der Waals surface area contributed by atoms with Gasteiger partial charge in [0, 0.05) is 10.9 Å². The number of carbonyl (C=O) groups is 2. The molecule has 1 aliphatic rings. The summed E-state index contributed by atoms with van der Waals surface area (Å²) >= 11 is 5.89. The fourth-order valence-corrected chi connectivity index (χ4v) is 3.19. The molecule has 4 nitrogen and oxygen atoms in total. The third kappa shape index (κ3) is 4.20. The van der Waals surface area contributed by atoms with Crippen LogP contribution in [0.5, 0.6) is 0 Å². The van der Waals surface area contributed by atoms with Gasteiger partial charge in [-0.3, -0.25) is 4.79 Å². The van der Waals surface area contributed by atoms with E-state index in [9.17, 15) is 9.59 Å². The lowest BCUT2D eigenvalue weighted by atomic mass is 9.98. The molecule has 0 aliphatic carbocycles. The van der Waals surface area contributed by atoms with Crippen molar-refractivity contribution in [2.45, 2.75) is 25.8 Å². The molecule has 5 heteroatoms. The Morgan fingerprint density at radius 3 is 2.52 bits per heavy atom. The number of amides is 2. The Labute approximate surface area is 152 Å². The van der Waals surface area contributed by atoms with Crippen molar-refractivity contribution in [1.82, 2.24) is 4.90 Å². The maximum Gasteiger partial charge on any atom is 0.416 e. The normalized spacial score (nSPS) is 18.1. The number of ether oxygens (including phenoxy) is 1. The van der Waals surface area contributed by atoms with Gasteiger partial charge in [0.25, 0.3) is 0 Å². The van der Waals surface area contributed by atoms with Crippen LogP contribution in [-0.2, 0) is 22.4 Å². The van der Waals surface area contributed by atoms with Gasteiger partial charge in [-0.25, -0.2) is 9.69 Å². The summed E-state index contributed by atoms with van der Waals surface area (Å²) in [4.78, 5) is 26.2. The Morgan fingerprint density at radius 1 is 1.16 bits per heavy atom. The highest BCUT2D eigenvalue weighted by atomic mass is 35.5. The van der Waals surface area contributed by atoms with Gasteiger partial charge in [-0.05, 0) is 36.1 Å². The zero-order valence-corrected chi connectivity index (χ0v) is 14.8. The molecule has 2 aromatic carbocycles. The number of nitrogens with zero attached hydrogens (tertiary/aromatic N) is 1. The Morgan fingerprint density at radius 2 is 1.84 bits per heavy atom. The average molecular weight is 358 g/mol. The van der Waals surface area contributed by atoms with Crippen LogP contribution >= 0.6 is 11.6 Å². The van der Waals surface area contributed by atoms with Crippen LogP contribution in [-0.4, -0.2) is 29.5 Å². The van der Waals surface area contributed by atoms with Crippen molar-refractivity contribution in [2.75, 3.05) is 6.61 Å². The third-order valence-corrected chi connectivity index (χ3v) is 4.64. The molecule has 2 amide bonds. The smallest absolute Gasteiger partial charge is 0.416 e. The van der Waals surface area contributed by atoms with Gasteiger partial charge in [-0.2, -0.15) is 0 Å². The van der Waals surface area contributed by atoms with Crippen molar-refractivity contribution in [3.05, 3.63) is 70.7 Å². The lowest BCUT2D eigenvalue weighted by molar-refractivity contribution is -0.132. The van der Waals surface area contributed by atoms with Crippen molar-refractivity contribution in [2.24, 2.45) is 5.92 Å². The van der Waals surface area contributed by atoms with Crippen LogP contribution in [0.25, 0.3) is 0 Å². The van der Waals surface area contributed by atoms with E-state index in [1.54, 1.807) is 12.1 Å². The molecule has 0 aromatic heterocycles. The summed E-state index contributed by atoms with van der Waals surface area (Å²) < 4.78 is 5.14. The molecule has 0 spiro atoms. The number of rotatable bonds is 5. The molecule has 1 aliphatic heterocycles. The fraction of sp³-hybridized carbons (Fsp3) is 0.300. The minimum absolute atomic E-state index is 0.196. The highest BCUT2D eigenvalue weighted by Gasteiger charge is 2.39. The second-order valence-electron chi connectivity index (χ2n) is 6.36. The van der Waals surface area contributed by atoms with Gasteiger partial charge in [0.1, 0.15) is 6.61 Å². The number of hydrogen-bond donors (Lipinski definition) is 0. The summed E-state index contributed by atoms with van der Waals surface area (Å²) in [6.45, 7) is 2.08. The van der Waals surface area contributed by atoms with Crippen LogP contribution in [0.1, 0.15) is 18.1 Å². The lowest BCUT2D eigenvalue weighted by Gasteiger charge is -2.23. The largest absolute Gasteiger partial charge is 0.447 e. The molecule has 0 saturated carbocycles. The summed E-state index contributed by atoms with van der Waals surface area (Å²) in [5.41, 5.74) is 2.09. The van der Waals surface area contributed by atoms with Crippen molar-refractivity contribution in [1.29, 1.82) is 0 Å². The van der Waals surface area contributed by atoms with Gasteiger partial charge in [0.05, 0.1) is 6.04 Å². The van der Waals surface area contributed by atoms with E-state index in [2.05, 4.69) is 0 Å². The van der Waals surface area contributed by atoms with Crippen LogP contribution in [0, 0.1) is 5.92 Å². The zero-order valence-electron chi connectivity index (χ0n) is 14.0. The summed E-state index contributed by atoms with van der Waals surface area (Å²) in [7, 11) is 0. The van der Waals surface area contributed by atoms with Gasteiger partial charge < -0.3 is 4.74 Å². The Kier molecular flexibility index (Phi) is 5.39. The van der Waals surface area contributed by atoms with Crippen molar-refractivity contribution >= 4 is 23.6 Å². The van der Waals surface area contributed by atoms with Crippen LogP contribution in [0.4, 0.5) is 4.79 Å². The van der Waals surface area contributed by atoms with Crippen molar-refractivity contribution in [3.63, 3.8) is 0 Å². The molecule has 1 heterocycles. The quantitative estimate of drug-likeness (QED) is 0.809. The number of imide groups is 1. The van der Waals surface area contributed by atoms with Gasteiger partial charge in [-0.1, -0.05) is 61.0 Å². The molecule has 1 saturated heterocycles. The number of hydrogen-bond acceptors (Lipinski definition) is 3. The van der Waals surface area contributed by atoms with Crippen LogP contribution in [0.3, 0.4) is 0 Å². The predicted molar refractivity (Wildman–Crippen MR) is 96.4 cm³/mol. The molecule has 0 radical (unpaired) electrons. The first-order valence-corrected chi connectivity index (χ1v) is 8.70. The van der Waals surface area contributed by atoms with E-state index in [0.29, 0.717) is 17.9 Å². The Balaban J connectivity index is 1.69. The molecular weight excluding hydrogens is 338 g/mol. The topological polar surface area (TPSA) is 46.6 Å². The second kappa shape index (κ2) is 7.70. The molecule has 1 fully saturated rings. The first-order chi connectivity index (χ1) is 12.0. The predicted octanol–water partition coefficient (Wildman–Crippen LogP) is 4.11. The van der Waals surface area contributed by atoms with Gasteiger partial charge in [-0.15, -0.1) is 0 Å². The SMILES string of the molecule is CC(Cc1ccc(Cl)cc1)C(=O)N1C(=O)OCC1Cc1ccccc1. The number of carbonyl (C=O) groups excluding carboxylic acids is 2. The van der Waals surface area contributed by atoms with Crippen LogP contribution < -0.4 is 0 Å². The molecule has 0 N–H and O–H groups in total. The average Bonchev–Trinajstić information content (AvgIpc) is 2.97.